The molecule has 0 N–H and O–H groups in total. The van der Waals surface area contributed by atoms with Crippen LogP contribution in [0.5, 0.6) is 0 Å². The fraction of sp³-hybridized carbons (Fsp3) is 0.0800. The molecule has 0 saturated carbocycles. The lowest BCUT2D eigenvalue weighted by Gasteiger charge is -2.26. The Morgan fingerprint density at radius 1 is 0.800 bits per heavy atom. The second-order valence-electron chi connectivity index (χ2n) is 6.71. The molecular formula is C25H19NO4. The molecule has 0 aromatic heterocycles. The Morgan fingerprint density at radius 2 is 1.43 bits per heavy atom. The van der Waals surface area contributed by atoms with Gasteiger partial charge in [0.1, 0.15) is 0 Å². The van der Waals surface area contributed by atoms with Gasteiger partial charge in [0.25, 0.3) is 0 Å². The molecule has 0 atom stereocenters. The number of benzene rings is 4. The van der Waals surface area contributed by atoms with Crippen molar-refractivity contribution in [3.63, 3.8) is 0 Å². The first-order chi connectivity index (χ1) is 14.7. The Kier molecular flexibility index (Phi) is 5.26. The number of hydrogen-bond acceptors (Lipinski definition) is 4. The minimum absolute atomic E-state index is 0.181. The minimum Gasteiger partial charge on any atom is -0.449 e. The highest BCUT2D eigenvalue weighted by molar-refractivity contribution is 6.16. The van der Waals surface area contributed by atoms with E-state index in [1.54, 1.807) is 25.1 Å². The summed E-state index contributed by atoms with van der Waals surface area (Å²) in [6, 6.07) is 21.8. The summed E-state index contributed by atoms with van der Waals surface area (Å²) in [6.07, 6.45) is 0.923. The Bertz CT molecular complexity index is 1280. The van der Waals surface area contributed by atoms with Crippen molar-refractivity contribution in [3.8, 4) is 0 Å². The number of fused-ring (bicyclic) bond motifs is 2. The van der Waals surface area contributed by atoms with Crippen LogP contribution in [0, 0.1) is 0 Å². The molecule has 0 saturated heterocycles. The van der Waals surface area contributed by atoms with Crippen LogP contribution >= 0.6 is 0 Å². The minimum atomic E-state index is -0.596. The third kappa shape index (κ3) is 3.20. The van der Waals surface area contributed by atoms with E-state index >= 15 is 0 Å². The second kappa shape index (κ2) is 8.17. The van der Waals surface area contributed by atoms with Crippen LogP contribution in [0.1, 0.15) is 27.6 Å². The molecule has 0 spiro atoms. The first-order valence-corrected chi connectivity index (χ1v) is 9.60. The number of aldehydes is 2. The summed E-state index contributed by atoms with van der Waals surface area (Å²) < 4.78 is 5.37. The molecule has 0 heterocycles. The largest absolute Gasteiger partial charge is 0.449 e. The van der Waals surface area contributed by atoms with E-state index in [-0.39, 0.29) is 6.61 Å². The first kappa shape index (κ1) is 19.3. The molecular weight excluding hydrogens is 378 g/mol. The van der Waals surface area contributed by atoms with E-state index in [1.165, 1.54) is 4.90 Å². The summed E-state index contributed by atoms with van der Waals surface area (Å²) >= 11 is 0. The molecule has 4 aromatic carbocycles. The molecule has 0 aliphatic carbocycles. The number of amides is 1. The van der Waals surface area contributed by atoms with E-state index in [0.717, 1.165) is 23.3 Å². The van der Waals surface area contributed by atoms with Crippen LogP contribution in [0.2, 0.25) is 0 Å². The van der Waals surface area contributed by atoms with Crippen LogP contribution in [-0.4, -0.2) is 25.3 Å². The standard InChI is InChI=1S/C25H19NO4/c1-2-30-25(29)26(23-14-13-18(15-27)20-8-5-6-10-22(20)23)24-19(16-28)12-11-17-7-3-4-9-21(17)24/h3-16H,2H2,1H3. The quantitative estimate of drug-likeness (QED) is 0.393. The zero-order chi connectivity index (χ0) is 21.1. The average Bonchev–Trinajstić information content (AvgIpc) is 2.79. The fourth-order valence-corrected chi connectivity index (χ4v) is 3.72. The van der Waals surface area contributed by atoms with Gasteiger partial charge >= 0.3 is 6.09 Å². The third-order valence-electron chi connectivity index (χ3n) is 5.04. The maximum atomic E-state index is 13.2. The number of ether oxygens (including phenoxy) is 1. The third-order valence-corrected chi connectivity index (χ3v) is 5.04. The zero-order valence-electron chi connectivity index (χ0n) is 16.4. The van der Waals surface area contributed by atoms with E-state index in [4.69, 9.17) is 4.74 Å². The van der Waals surface area contributed by atoms with Gasteiger partial charge in [-0.05, 0) is 35.9 Å². The van der Waals surface area contributed by atoms with Crippen LogP contribution in [0.15, 0.2) is 72.8 Å². The maximum Gasteiger partial charge on any atom is 0.418 e. The summed E-state index contributed by atoms with van der Waals surface area (Å²) in [5, 5.41) is 3.06. The van der Waals surface area contributed by atoms with Crippen molar-refractivity contribution in [1.82, 2.24) is 0 Å². The monoisotopic (exact) mass is 397 g/mol. The summed E-state index contributed by atoms with van der Waals surface area (Å²) in [7, 11) is 0. The van der Waals surface area contributed by atoms with Gasteiger partial charge in [-0.15, -0.1) is 0 Å². The molecule has 5 heteroatoms. The Hall–Kier alpha value is -3.99. The normalized spacial score (nSPS) is 10.7. The van der Waals surface area contributed by atoms with Crippen molar-refractivity contribution in [2.45, 2.75) is 6.92 Å². The highest BCUT2D eigenvalue weighted by Crippen LogP contribution is 2.39. The molecule has 4 aromatic rings. The van der Waals surface area contributed by atoms with Crippen LogP contribution in [0.3, 0.4) is 0 Å². The topological polar surface area (TPSA) is 63.7 Å². The van der Waals surface area contributed by atoms with Gasteiger partial charge in [-0.2, -0.15) is 0 Å². The van der Waals surface area contributed by atoms with Crippen molar-refractivity contribution >= 4 is 51.6 Å². The zero-order valence-corrected chi connectivity index (χ0v) is 16.4. The van der Waals surface area contributed by atoms with Gasteiger partial charge in [-0.1, -0.05) is 54.6 Å². The van der Waals surface area contributed by atoms with Gasteiger partial charge < -0.3 is 4.74 Å². The summed E-state index contributed by atoms with van der Waals surface area (Å²) in [4.78, 5) is 38.1. The van der Waals surface area contributed by atoms with Crippen LogP contribution in [0.4, 0.5) is 16.2 Å². The van der Waals surface area contributed by atoms with Gasteiger partial charge in [-0.3, -0.25) is 9.59 Å². The summed E-state index contributed by atoms with van der Waals surface area (Å²) in [5.74, 6) is 0. The molecule has 30 heavy (non-hydrogen) atoms. The number of carbonyl (C=O) groups is 3. The molecule has 5 nitrogen and oxygen atoms in total. The lowest BCUT2D eigenvalue weighted by atomic mass is 10.00. The van der Waals surface area contributed by atoms with Gasteiger partial charge in [0.05, 0.1) is 18.0 Å². The molecule has 0 radical (unpaired) electrons. The van der Waals surface area contributed by atoms with Gasteiger partial charge in [-0.25, -0.2) is 9.69 Å². The van der Waals surface area contributed by atoms with Crippen molar-refractivity contribution in [2.75, 3.05) is 11.5 Å². The number of hydrogen-bond donors (Lipinski definition) is 0. The van der Waals surface area contributed by atoms with Crippen molar-refractivity contribution in [2.24, 2.45) is 0 Å². The molecule has 0 aliphatic rings. The molecule has 148 valence electrons. The Balaban J connectivity index is 2.10. The van der Waals surface area contributed by atoms with Gasteiger partial charge in [0.2, 0.25) is 0 Å². The van der Waals surface area contributed by atoms with E-state index in [0.29, 0.717) is 33.3 Å². The molecule has 4 rings (SSSR count). The molecule has 0 aliphatic heterocycles. The van der Waals surface area contributed by atoms with Crippen molar-refractivity contribution in [3.05, 3.63) is 83.9 Å². The SMILES string of the molecule is CCOC(=O)N(c1c(C=O)ccc2ccccc12)c1ccc(C=O)c2ccccc12. The molecule has 1 amide bonds. The molecule has 0 fully saturated rings. The fourth-order valence-electron chi connectivity index (χ4n) is 3.72. The Labute approximate surface area is 173 Å². The van der Waals surface area contributed by atoms with E-state index in [2.05, 4.69) is 0 Å². The van der Waals surface area contributed by atoms with E-state index in [1.807, 2.05) is 54.6 Å². The number of rotatable bonds is 5. The highest BCUT2D eigenvalue weighted by Gasteiger charge is 2.26. The summed E-state index contributed by atoms with van der Waals surface area (Å²) in [5.41, 5.74) is 1.87. The van der Waals surface area contributed by atoms with Crippen LogP contribution < -0.4 is 4.90 Å². The lowest BCUT2D eigenvalue weighted by molar-refractivity contribution is 0.111. The lowest BCUT2D eigenvalue weighted by Crippen LogP contribution is -2.28. The van der Waals surface area contributed by atoms with Crippen LogP contribution in [0.25, 0.3) is 21.5 Å². The average molecular weight is 397 g/mol. The molecule has 0 unspecified atom stereocenters. The number of anilines is 2. The molecule has 0 bridgehead atoms. The van der Waals surface area contributed by atoms with Crippen molar-refractivity contribution in [1.29, 1.82) is 0 Å². The number of nitrogens with zero attached hydrogens (tertiary/aromatic N) is 1. The predicted octanol–water partition coefficient (Wildman–Crippen LogP) is 5.91. The van der Waals surface area contributed by atoms with Crippen molar-refractivity contribution < 1.29 is 19.1 Å². The van der Waals surface area contributed by atoms with Gasteiger partial charge in [0.15, 0.2) is 12.6 Å². The predicted molar refractivity (Wildman–Crippen MR) is 118 cm³/mol. The van der Waals surface area contributed by atoms with Gasteiger partial charge in [0, 0.05) is 21.9 Å². The first-order valence-electron chi connectivity index (χ1n) is 9.60. The maximum absolute atomic E-state index is 13.2. The number of carbonyl (C=O) groups excluding carboxylic acids is 3. The highest BCUT2D eigenvalue weighted by atomic mass is 16.6. The van der Waals surface area contributed by atoms with E-state index < -0.39 is 6.09 Å². The van der Waals surface area contributed by atoms with Crippen LogP contribution in [-0.2, 0) is 4.74 Å². The Morgan fingerprint density at radius 3 is 2.13 bits per heavy atom. The second-order valence-corrected chi connectivity index (χ2v) is 6.71. The smallest absolute Gasteiger partial charge is 0.418 e. The van der Waals surface area contributed by atoms with E-state index in [9.17, 15) is 14.4 Å². The summed E-state index contributed by atoms with van der Waals surface area (Å²) in [6.45, 7) is 1.91.